The first kappa shape index (κ1) is 18.4. The Balaban J connectivity index is 1.65. The smallest absolute Gasteiger partial charge is 0.182 e. The fourth-order valence-electron chi connectivity index (χ4n) is 3.69. The summed E-state index contributed by atoms with van der Waals surface area (Å²) >= 11 is 0. The molecular formula is C20H29NO4. The van der Waals surface area contributed by atoms with Crippen molar-refractivity contribution in [3.63, 3.8) is 0 Å². The van der Waals surface area contributed by atoms with Crippen LogP contribution in [0.5, 0.6) is 5.75 Å². The number of hydrogen-bond acceptors (Lipinski definition) is 5. The van der Waals surface area contributed by atoms with Gasteiger partial charge in [-0.05, 0) is 57.4 Å². The molecule has 0 spiro atoms. The highest BCUT2D eigenvalue weighted by molar-refractivity contribution is 6.02. The van der Waals surface area contributed by atoms with Gasteiger partial charge in [0.2, 0.25) is 0 Å². The number of nitrogens with zero attached hydrogens (tertiary/aromatic N) is 1. The van der Waals surface area contributed by atoms with Crippen LogP contribution in [0.25, 0.3) is 0 Å². The Kier molecular flexibility index (Phi) is 5.77. The summed E-state index contributed by atoms with van der Waals surface area (Å²) in [6, 6.07) is 7.33. The lowest BCUT2D eigenvalue weighted by Crippen LogP contribution is -2.54. The second-order valence-corrected chi connectivity index (χ2v) is 7.52. The summed E-state index contributed by atoms with van der Waals surface area (Å²) in [5.74, 6) is 0.824. The van der Waals surface area contributed by atoms with Crippen LogP contribution in [0.2, 0.25) is 0 Å². The lowest BCUT2D eigenvalue weighted by Gasteiger charge is -2.39. The molecule has 1 saturated heterocycles. The maximum absolute atomic E-state index is 13.0. The van der Waals surface area contributed by atoms with Crippen LogP contribution in [0.4, 0.5) is 0 Å². The van der Waals surface area contributed by atoms with Gasteiger partial charge in [0.15, 0.2) is 5.78 Å². The number of ether oxygens (including phenoxy) is 2. The maximum atomic E-state index is 13.0. The minimum Gasteiger partial charge on any atom is -0.488 e. The fraction of sp³-hybridized carbons (Fsp3) is 0.650. The van der Waals surface area contributed by atoms with Gasteiger partial charge in [-0.3, -0.25) is 9.69 Å². The minimum absolute atomic E-state index is 0.110. The molecule has 0 amide bonds. The monoisotopic (exact) mass is 347 g/mol. The average Bonchev–Trinajstić information content (AvgIpc) is 2.64. The number of aliphatic hydroxyl groups excluding tert-OH is 1. The molecule has 1 heterocycles. The Labute approximate surface area is 149 Å². The third-order valence-corrected chi connectivity index (χ3v) is 5.43. The van der Waals surface area contributed by atoms with E-state index in [0.29, 0.717) is 24.5 Å². The average molecular weight is 347 g/mol. The van der Waals surface area contributed by atoms with E-state index >= 15 is 0 Å². The largest absolute Gasteiger partial charge is 0.488 e. The molecule has 1 aromatic rings. The number of rotatable bonds is 5. The second kappa shape index (κ2) is 7.85. The zero-order valence-corrected chi connectivity index (χ0v) is 15.2. The molecule has 0 radical (unpaired) electrons. The molecule has 2 aliphatic rings. The molecule has 3 rings (SSSR count). The van der Waals surface area contributed by atoms with E-state index in [4.69, 9.17) is 9.47 Å². The molecule has 1 aliphatic heterocycles. The van der Waals surface area contributed by atoms with Crippen molar-refractivity contribution >= 4 is 5.78 Å². The normalized spacial score (nSPS) is 25.6. The third kappa shape index (κ3) is 4.22. The van der Waals surface area contributed by atoms with Gasteiger partial charge >= 0.3 is 0 Å². The van der Waals surface area contributed by atoms with Crippen molar-refractivity contribution in [2.24, 2.45) is 0 Å². The molecule has 2 fully saturated rings. The van der Waals surface area contributed by atoms with Crippen molar-refractivity contribution in [1.29, 1.82) is 0 Å². The minimum atomic E-state index is -0.550. The van der Waals surface area contributed by atoms with Crippen LogP contribution in [0, 0.1) is 0 Å². The molecule has 0 aromatic heterocycles. The maximum Gasteiger partial charge on any atom is 0.182 e. The number of carbonyl (C=O) groups excluding carboxylic acids is 1. The van der Waals surface area contributed by atoms with Crippen LogP contribution in [0.15, 0.2) is 24.3 Å². The summed E-state index contributed by atoms with van der Waals surface area (Å²) < 4.78 is 11.3. The van der Waals surface area contributed by atoms with Gasteiger partial charge in [0.1, 0.15) is 11.9 Å². The molecule has 1 N–H and O–H groups in total. The quantitative estimate of drug-likeness (QED) is 0.830. The van der Waals surface area contributed by atoms with Crippen LogP contribution in [0.1, 0.15) is 49.9 Å². The number of ketones is 1. The van der Waals surface area contributed by atoms with Crippen LogP contribution in [0.3, 0.4) is 0 Å². The third-order valence-electron chi connectivity index (χ3n) is 5.43. The number of Topliss-reactive ketones (excluding diaryl/α,β-unsaturated/α-hetero) is 1. The van der Waals surface area contributed by atoms with E-state index in [9.17, 15) is 9.90 Å². The van der Waals surface area contributed by atoms with Crippen LogP contribution in [-0.2, 0) is 4.74 Å². The van der Waals surface area contributed by atoms with Crippen molar-refractivity contribution in [2.45, 2.75) is 57.3 Å². The number of carbonyl (C=O) groups is 1. The highest BCUT2D eigenvalue weighted by Gasteiger charge is 2.36. The van der Waals surface area contributed by atoms with E-state index in [2.05, 4.69) is 4.90 Å². The van der Waals surface area contributed by atoms with E-state index in [0.717, 1.165) is 38.8 Å². The van der Waals surface area contributed by atoms with E-state index in [-0.39, 0.29) is 11.9 Å². The molecule has 138 valence electrons. The zero-order chi connectivity index (χ0) is 17.9. The second-order valence-electron chi connectivity index (χ2n) is 7.52. The Morgan fingerprint density at radius 3 is 2.44 bits per heavy atom. The highest BCUT2D eigenvalue weighted by atomic mass is 16.5. The molecule has 5 nitrogen and oxygen atoms in total. The molecule has 2 unspecified atom stereocenters. The highest BCUT2D eigenvalue weighted by Crippen LogP contribution is 2.26. The van der Waals surface area contributed by atoms with Crippen molar-refractivity contribution < 1.29 is 19.4 Å². The van der Waals surface area contributed by atoms with Gasteiger partial charge in [0.05, 0.1) is 24.9 Å². The van der Waals surface area contributed by atoms with Gasteiger partial charge in [-0.2, -0.15) is 0 Å². The van der Waals surface area contributed by atoms with E-state index in [1.807, 2.05) is 38.1 Å². The number of morpholine rings is 1. The summed E-state index contributed by atoms with van der Waals surface area (Å²) in [7, 11) is 0. The van der Waals surface area contributed by atoms with Gasteiger partial charge in [-0.25, -0.2) is 0 Å². The van der Waals surface area contributed by atoms with Gasteiger partial charge < -0.3 is 14.6 Å². The van der Waals surface area contributed by atoms with Crippen LogP contribution in [-0.4, -0.2) is 59.8 Å². The molecule has 25 heavy (non-hydrogen) atoms. The first-order chi connectivity index (χ1) is 12.0. The zero-order valence-electron chi connectivity index (χ0n) is 15.2. The van der Waals surface area contributed by atoms with E-state index in [1.165, 1.54) is 0 Å². The van der Waals surface area contributed by atoms with E-state index in [1.54, 1.807) is 0 Å². The standard InChI is InChI=1S/C20H29NO4/c1-20(2,21-11-13-24-14-12-21)19(23)15-7-9-16(10-8-15)25-18-6-4-3-5-17(18)22/h7-10,17-18,22H,3-6,11-14H2,1-2H3. The first-order valence-electron chi connectivity index (χ1n) is 9.31. The van der Waals surface area contributed by atoms with Crippen molar-refractivity contribution in [2.75, 3.05) is 26.3 Å². The number of hydrogen-bond donors (Lipinski definition) is 1. The van der Waals surface area contributed by atoms with Gasteiger partial charge in [0, 0.05) is 18.7 Å². The topological polar surface area (TPSA) is 59.0 Å². The lowest BCUT2D eigenvalue weighted by atomic mass is 9.91. The predicted molar refractivity (Wildman–Crippen MR) is 96.1 cm³/mol. The Hall–Kier alpha value is -1.43. The molecule has 5 heteroatoms. The fourth-order valence-corrected chi connectivity index (χ4v) is 3.69. The summed E-state index contributed by atoms with van der Waals surface area (Å²) in [6.07, 6.45) is 3.30. The molecule has 0 bridgehead atoms. The summed E-state index contributed by atoms with van der Waals surface area (Å²) in [5.41, 5.74) is 0.138. The lowest BCUT2D eigenvalue weighted by molar-refractivity contribution is -0.00432. The van der Waals surface area contributed by atoms with Gasteiger partial charge in [-0.15, -0.1) is 0 Å². The Morgan fingerprint density at radius 1 is 1.16 bits per heavy atom. The number of benzene rings is 1. The summed E-state index contributed by atoms with van der Waals surface area (Å²) in [6.45, 7) is 6.85. The van der Waals surface area contributed by atoms with Gasteiger partial charge in [0.25, 0.3) is 0 Å². The molecule has 1 aromatic carbocycles. The van der Waals surface area contributed by atoms with E-state index < -0.39 is 11.6 Å². The predicted octanol–water partition coefficient (Wildman–Crippen LogP) is 2.66. The van der Waals surface area contributed by atoms with Crippen LogP contribution >= 0.6 is 0 Å². The molecule has 1 aliphatic carbocycles. The van der Waals surface area contributed by atoms with Crippen molar-refractivity contribution in [3.8, 4) is 5.75 Å². The Bertz CT molecular complexity index is 578. The number of aliphatic hydroxyl groups is 1. The van der Waals surface area contributed by atoms with Crippen molar-refractivity contribution in [1.82, 2.24) is 4.90 Å². The first-order valence-corrected chi connectivity index (χ1v) is 9.31. The molecular weight excluding hydrogens is 318 g/mol. The molecule has 2 atom stereocenters. The van der Waals surface area contributed by atoms with Crippen molar-refractivity contribution in [3.05, 3.63) is 29.8 Å². The van der Waals surface area contributed by atoms with Gasteiger partial charge in [-0.1, -0.05) is 6.42 Å². The summed E-state index contributed by atoms with van der Waals surface area (Å²) in [4.78, 5) is 15.1. The Morgan fingerprint density at radius 2 is 1.80 bits per heavy atom. The molecule has 1 saturated carbocycles. The van der Waals surface area contributed by atoms with Crippen LogP contribution < -0.4 is 4.74 Å². The SMILES string of the molecule is CC(C)(C(=O)c1ccc(OC2CCCCC2O)cc1)N1CCOCC1. The summed E-state index contributed by atoms with van der Waals surface area (Å²) in [5, 5.41) is 10.0.